The lowest BCUT2D eigenvalue weighted by Crippen LogP contribution is -2.22. The van der Waals surface area contributed by atoms with Crippen molar-refractivity contribution in [1.82, 2.24) is 5.06 Å². The Hall–Kier alpha value is -1.55. The topological polar surface area (TPSA) is 42.7 Å². The molecule has 1 aromatic rings. The maximum absolute atomic E-state index is 11.2. The van der Waals surface area contributed by atoms with Crippen LogP contribution >= 0.6 is 0 Å². The molecule has 0 saturated heterocycles. The first-order valence-electron chi connectivity index (χ1n) is 4.18. The lowest BCUT2D eigenvalue weighted by molar-refractivity contribution is -0.162. The first-order valence-corrected chi connectivity index (χ1v) is 4.18. The van der Waals surface area contributed by atoms with E-state index in [4.69, 9.17) is 9.25 Å². The molecular weight excluding hydrogens is 182 g/mol. The number of nitrogens with zero attached hydrogens (tertiary/aromatic N) is 1. The highest BCUT2D eigenvalue weighted by Gasteiger charge is 2.02. The van der Waals surface area contributed by atoms with Gasteiger partial charge in [0.25, 0.3) is 5.91 Å². The number of amides is 1. The predicted molar refractivity (Wildman–Crippen MR) is 52.3 cm³/mol. The lowest BCUT2D eigenvalue weighted by Gasteiger charge is -2.09. The third kappa shape index (κ3) is 2.74. The number of carbonyl (C=O) groups is 1. The van der Waals surface area contributed by atoms with E-state index in [-0.39, 0.29) is 5.91 Å². The summed E-state index contributed by atoms with van der Waals surface area (Å²) in [6, 6.07) is 1.84. The first-order chi connectivity index (χ1) is 6.63. The molecule has 0 spiro atoms. The summed E-state index contributed by atoms with van der Waals surface area (Å²) >= 11 is 0. The normalized spacial score (nSPS) is 10.8. The van der Waals surface area contributed by atoms with Crippen LogP contribution in [0.4, 0.5) is 0 Å². The Labute approximate surface area is 82.7 Å². The van der Waals surface area contributed by atoms with Gasteiger partial charge < -0.3 is 4.42 Å². The summed E-state index contributed by atoms with van der Waals surface area (Å²) in [4.78, 5) is 16.0. The van der Waals surface area contributed by atoms with Crippen molar-refractivity contribution < 1.29 is 14.0 Å². The molecule has 1 aromatic heterocycles. The standard InChI is InChI=1S/C10H13NO3/c1-8-6-9(7-14-8)4-5-10(12)11(2)13-3/h4-7H,1-3H3. The zero-order chi connectivity index (χ0) is 10.6. The fourth-order valence-corrected chi connectivity index (χ4v) is 0.914. The summed E-state index contributed by atoms with van der Waals surface area (Å²) in [5.74, 6) is 0.601. The molecule has 1 heterocycles. The van der Waals surface area contributed by atoms with Crippen LogP contribution in [0.15, 0.2) is 22.8 Å². The number of rotatable bonds is 3. The Kier molecular flexibility index (Phi) is 3.48. The van der Waals surface area contributed by atoms with Crippen molar-refractivity contribution in [3.63, 3.8) is 0 Å². The fourth-order valence-electron chi connectivity index (χ4n) is 0.914. The molecule has 0 fully saturated rings. The molecule has 0 aliphatic rings. The van der Waals surface area contributed by atoms with Crippen LogP contribution in [-0.2, 0) is 9.63 Å². The van der Waals surface area contributed by atoms with Gasteiger partial charge in [0, 0.05) is 18.7 Å². The van der Waals surface area contributed by atoms with Crippen LogP contribution in [0.2, 0.25) is 0 Å². The molecule has 4 nitrogen and oxygen atoms in total. The van der Waals surface area contributed by atoms with E-state index in [9.17, 15) is 4.79 Å². The van der Waals surface area contributed by atoms with E-state index in [0.29, 0.717) is 0 Å². The van der Waals surface area contributed by atoms with Crippen molar-refractivity contribution in [2.24, 2.45) is 0 Å². The van der Waals surface area contributed by atoms with Crippen molar-refractivity contribution in [3.8, 4) is 0 Å². The minimum Gasteiger partial charge on any atom is -0.469 e. The molecule has 1 rings (SSSR count). The van der Waals surface area contributed by atoms with Gasteiger partial charge in [0.05, 0.1) is 13.4 Å². The van der Waals surface area contributed by atoms with Gasteiger partial charge in [0.1, 0.15) is 5.76 Å². The van der Waals surface area contributed by atoms with Crippen LogP contribution < -0.4 is 0 Å². The number of likely N-dealkylation sites (N-methyl/N-ethyl adjacent to an activating group) is 1. The molecule has 0 aliphatic heterocycles. The molecule has 0 radical (unpaired) electrons. The third-order valence-electron chi connectivity index (χ3n) is 1.75. The highest BCUT2D eigenvalue weighted by molar-refractivity contribution is 5.90. The SMILES string of the molecule is CON(C)C(=O)C=Cc1coc(C)c1. The van der Waals surface area contributed by atoms with Gasteiger partial charge in [-0.2, -0.15) is 0 Å². The molecule has 0 N–H and O–H groups in total. The fraction of sp³-hybridized carbons (Fsp3) is 0.300. The third-order valence-corrected chi connectivity index (χ3v) is 1.75. The van der Waals surface area contributed by atoms with Crippen LogP contribution in [0.1, 0.15) is 11.3 Å². The van der Waals surface area contributed by atoms with Crippen molar-refractivity contribution in [2.75, 3.05) is 14.2 Å². The Morgan fingerprint density at radius 2 is 2.36 bits per heavy atom. The van der Waals surface area contributed by atoms with Crippen molar-refractivity contribution >= 4 is 12.0 Å². The molecule has 4 heteroatoms. The zero-order valence-corrected chi connectivity index (χ0v) is 8.48. The van der Waals surface area contributed by atoms with Crippen LogP contribution in [0, 0.1) is 6.92 Å². The van der Waals surface area contributed by atoms with E-state index >= 15 is 0 Å². The van der Waals surface area contributed by atoms with E-state index < -0.39 is 0 Å². The Morgan fingerprint density at radius 1 is 1.64 bits per heavy atom. The number of carbonyl (C=O) groups excluding carboxylic acids is 1. The minimum absolute atomic E-state index is 0.216. The molecule has 0 unspecified atom stereocenters. The lowest BCUT2D eigenvalue weighted by atomic mass is 10.3. The maximum atomic E-state index is 11.2. The first kappa shape index (κ1) is 10.5. The summed E-state index contributed by atoms with van der Waals surface area (Å²) in [5, 5.41) is 1.14. The Bertz CT molecular complexity index is 341. The molecule has 14 heavy (non-hydrogen) atoms. The molecule has 0 aromatic carbocycles. The minimum atomic E-state index is -0.216. The van der Waals surface area contributed by atoms with Gasteiger partial charge in [-0.3, -0.25) is 9.63 Å². The second-order valence-electron chi connectivity index (χ2n) is 2.84. The number of aryl methyl sites for hydroxylation is 1. The second kappa shape index (κ2) is 4.62. The second-order valence-corrected chi connectivity index (χ2v) is 2.84. The number of hydrogen-bond donors (Lipinski definition) is 0. The van der Waals surface area contributed by atoms with Crippen LogP contribution in [-0.4, -0.2) is 25.1 Å². The van der Waals surface area contributed by atoms with Crippen LogP contribution in [0.25, 0.3) is 6.08 Å². The molecule has 0 atom stereocenters. The number of furan rings is 1. The monoisotopic (exact) mass is 195 g/mol. The van der Waals surface area contributed by atoms with Gasteiger partial charge in [-0.1, -0.05) is 0 Å². The predicted octanol–water partition coefficient (Wildman–Crippen LogP) is 1.62. The summed E-state index contributed by atoms with van der Waals surface area (Å²) in [5.41, 5.74) is 0.861. The van der Waals surface area contributed by atoms with E-state index in [0.717, 1.165) is 16.4 Å². The van der Waals surface area contributed by atoms with Crippen molar-refractivity contribution in [3.05, 3.63) is 29.7 Å². The van der Waals surface area contributed by atoms with Gasteiger partial charge in [0.2, 0.25) is 0 Å². The van der Waals surface area contributed by atoms with E-state index in [2.05, 4.69) is 0 Å². The average Bonchev–Trinajstić information content (AvgIpc) is 2.59. The molecule has 0 saturated carbocycles. The summed E-state index contributed by atoms with van der Waals surface area (Å²) in [6.07, 6.45) is 4.69. The highest BCUT2D eigenvalue weighted by Crippen LogP contribution is 2.07. The van der Waals surface area contributed by atoms with Crippen LogP contribution in [0.3, 0.4) is 0 Å². The quantitative estimate of drug-likeness (QED) is 0.543. The number of hydroxylamine groups is 2. The Balaban J connectivity index is 2.60. The van der Waals surface area contributed by atoms with Gasteiger partial charge in [0.15, 0.2) is 0 Å². The van der Waals surface area contributed by atoms with E-state index in [1.165, 1.54) is 13.2 Å². The van der Waals surface area contributed by atoms with E-state index in [1.807, 2.05) is 13.0 Å². The summed E-state index contributed by atoms with van der Waals surface area (Å²) in [6.45, 7) is 1.85. The Morgan fingerprint density at radius 3 is 2.86 bits per heavy atom. The van der Waals surface area contributed by atoms with Gasteiger partial charge in [-0.05, 0) is 19.1 Å². The maximum Gasteiger partial charge on any atom is 0.269 e. The van der Waals surface area contributed by atoms with Gasteiger partial charge >= 0.3 is 0 Å². The highest BCUT2D eigenvalue weighted by atomic mass is 16.7. The number of hydrogen-bond acceptors (Lipinski definition) is 3. The van der Waals surface area contributed by atoms with Crippen molar-refractivity contribution in [2.45, 2.75) is 6.92 Å². The molecule has 1 amide bonds. The van der Waals surface area contributed by atoms with Gasteiger partial charge in [-0.15, -0.1) is 0 Å². The van der Waals surface area contributed by atoms with Crippen LogP contribution in [0.5, 0.6) is 0 Å². The van der Waals surface area contributed by atoms with Crippen molar-refractivity contribution in [1.29, 1.82) is 0 Å². The van der Waals surface area contributed by atoms with E-state index in [1.54, 1.807) is 19.4 Å². The molecule has 0 bridgehead atoms. The molecule has 76 valence electrons. The summed E-state index contributed by atoms with van der Waals surface area (Å²) < 4.78 is 5.08. The largest absolute Gasteiger partial charge is 0.469 e. The summed E-state index contributed by atoms with van der Waals surface area (Å²) in [7, 11) is 2.99. The smallest absolute Gasteiger partial charge is 0.269 e. The molecule has 0 aliphatic carbocycles. The van der Waals surface area contributed by atoms with Gasteiger partial charge in [-0.25, -0.2) is 5.06 Å². The zero-order valence-electron chi connectivity index (χ0n) is 8.48. The average molecular weight is 195 g/mol. The molecular formula is C10H13NO3.